The average Bonchev–Trinajstić information content (AvgIpc) is 2.92. The highest BCUT2D eigenvalue weighted by Crippen LogP contribution is 2.25. The number of hydrogen-bond acceptors (Lipinski definition) is 8. The molecular weight excluding hydrogens is 493 g/mol. The monoisotopic (exact) mass is 527 g/mol. The summed E-state index contributed by atoms with van der Waals surface area (Å²) in [4.78, 5) is 28.5. The van der Waals surface area contributed by atoms with Crippen molar-refractivity contribution in [3.05, 3.63) is 58.7 Å². The number of aromatic nitrogens is 1. The number of nitrogens with two attached hydrogens (primary N) is 1. The zero-order valence-electron chi connectivity index (χ0n) is 21.6. The maximum absolute atomic E-state index is 13.6. The lowest BCUT2D eigenvalue weighted by atomic mass is 9.86. The molecule has 1 saturated carbocycles. The van der Waals surface area contributed by atoms with Crippen molar-refractivity contribution in [2.24, 2.45) is 21.9 Å². The molecule has 1 aromatic heterocycles. The standard InChI is InChI=1S/C26H34FN7O4/c1-16-10-19(12-22(31-16)26(37)30-13-18-6-9-21(27)23(11-18)38-3)25(28)33-34(29-2)14-17-4-7-20(8-5-17)32-24(36)15-35/h6,9-12,17,20,35H,2,4-5,7-8,13-15H2,1,3H3,(H2,28,33)(H,30,37)(H,32,36)/t17-,20+. The fourth-order valence-corrected chi connectivity index (χ4v) is 4.33. The SMILES string of the molecule is C=NN(C[C@H]1CC[C@@H](NC(=O)CO)CC1)/N=C(\N)c1cc(C)nc(C(=O)NCc2ccc(F)c(OC)c2)c1. The lowest BCUT2D eigenvalue weighted by Gasteiger charge is -2.30. The van der Waals surface area contributed by atoms with Gasteiger partial charge in [-0.15, -0.1) is 5.10 Å². The normalized spacial score (nSPS) is 17.4. The summed E-state index contributed by atoms with van der Waals surface area (Å²) in [6.07, 6.45) is 3.31. The minimum Gasteiger partial charge on any atom is -0.494 e. The van der Waals surface area contributed by atoms with E-state index in [9.17, 15) is 14.0 Å². The van der Waals surface area contributed by atoms with Crippen LogP contribution in [0.25, 0.3) is 0 Å². The Labute approximate surface area is 221 Å². The highest BCUT2D eigenvalue weighted by Gasteiger charge is 2.24. The molecule has 1 aliphatic carbocycles. The molecule has 0 saturated heterocycles. The summed E-state index contributed by atoms with van der Waals surface area (Å²) in [7, 11) is 1.38. The van der Waals surface area contributed by atoms with Gasteiger partial charge in [-0.2, -0.15) is 10.2 Å². The van der Waals surface area contributed by atoms with Crippen molar-refractivity contribution in [2.75, 3.05) is 20.3 Å². The molecule has 0 radical (unpaired) electrons. The van der Waals surface area contributed by atoms with Gasteiger partial charge in [0.25, 0.3) is 5.91 Å². The second-order valence-corrected chi connectivity index (χ2v) is 9.16. The quantitative estimate of drug-likeness (QED) is 0.197. The van der Waals surface area contributed by atoms with Crippen LogP contribution in [0.5, 0.6) is 5.75 Å². The molecule has 0 unspecified atom stereocenters. The predicted octanol–water partition coefficient (Wildman–Crippen LogP) is 1.67. The zero-order valence-corrected chi connectivity index (χ0v) is 21.6. The summed E-state index contributed by atoms with van der Waals surface area (Å²) in [5.74, 6) is -0.733. The van der Waals surface area contributed by atoms with Crippen LogP contribution in [-0.2, 0) is 11.3 Å². The van der Waals surface area contributed by atoms with Crippen molar-refractivity contribution in [2.45, 2.75) is 45.2 Å². The Bertz CT molecular complexity index is 1180. The lowest BCUT2D eigenvalue weighted by molar-refractivity contribution is -0.124. The van der Waals surface area contributed by atoms with Crippen molar-refractivity contribution < 1.29 is 23.8 Å². The van der Waals surface area contributed by atoms with Crippen LogP contribution >= 0.6 is 0 Å². The molecule has 3 rings (SSSR count). The van der Waals surface area contributed by atoms with Gasteiger partial charge in [-0.05, 0) is 68.4 Å². The Kier molecular flexibility index (Phi) is 10.1. The molecule has 1 aliphatic rings. The van der Waals surface area contributed by atoms with E-state index in [1.165, 1.54) is 24.4 Å². The number of amides is 2. The van der Waals surface area contributed by atoms with E-state index in [0.717, 1.165) is 25.7 Å². The molecule has 0 atom stereocenters. The molecule has 1 fully saturated rings. The highest BCUT2D eigenvalue weighted by atomic mass is 19.1. The number of methoxy groups -OCH3 is 1. The van der Waals surface area contributed by atoms with E-state index in [4.69, 9.17) is 15.6 Å². The number of amidine groups is 1. The number of nitrogens with one attached hydrogen (secondary N) is 2. The molecule has 2 aromatic rings. The summed E-state index contributed by atoms with van der Waals surface area (Å²) in [6, 6.07) is 7.68. The van der Waals surface area contributed by atoms with Gasteiger partial charge in [0.2, 0.25) is 5.91 Å². The van der Waals surface area contributed by atoms with E-state index in [1.807, 2.05) is 0 Å². The van der Waals surface area contributed by atoms with Gasteiger partial charge in [0.1, 0.15) is 12.3 Å². The number of aliphatic hydroxyl groups is 1. The van der Waals surface area contributed by atoms with Crippen molar-refractivity contribution in [3.63, 3.8) is 0 Å². The van der Waals surface area contributed by atoms with Crippen LogP contribution in [0, 0.1) is 18.7 Å². The van der Waals surface area contributed by atoms with E-state index >= 15 is 0 Å². The third-order valence-corrected chi connectivity index (χ3v) is 6.31. The smallest absolute Gasteiger partial charge is 0.270 e. The average molecular weight is 528 g/mol. The van der Waals surface area contributed by atoms with Gasteiger partial charge in [-0.1, -0.05) is 6.07 Å². The van der Waals surface area contributed by atoms with Crippen molar-refractivity contribution >= 4 is 24.4 Å². The van der Waals surface area contributed by atoms with E-state index in [0.29, 0.717) is 23.4 Å². The number of hydrogen-bond donors (Lipinski definition) is 4. The van der Waals surface area contributed by atoms with Crippen molar-refractivity contribution in [3.8, 4) is 5.75 Å². The van der Waals surface area contributed by atoms with Gasteiger partial charge in [-0.25, -0.2) is 9.37 Å². The summed E-state index contributed by atoms with van der Waals surface area (Å²) in [5.41, 5.74) is 8.18. The topological polar surface area (TPSA) is 155 Å². The zero-order chi connectivity index (χ0) is 27.7. The molecule has 1 heterocycles. The van der Waals surface area contributed by atoms with Gasteiger partial charge in [0, 0.05) is 30.6 Å². The summed E-state index contributed by atoms with van der Waals surface area (Å²) >= 11 is 0. The second-order valence-electron chi connectivity index (χ2n) is 9.16. The van der Waals surface area contributed by atoms with Crippen LogP contribution < -0.4 is 21.1 Å². The predicted molar refractivity (Wildman–Crippen MR) is 141 cm³/mol. The van der Waals surface area contributed by atoms with Gasteiger partial charge in [0.05, 0.1) is 13.7 Å². The third-order valence-electron chi connectivity index (χ3n) is 6.31. The molecule has 0 spiro atoms. The van der Waals surface area contributed by atoms with E-state index in [2.05, 4.69) is 32.5 Å². The number of benzene rings is 1. The van der Waals surface area contributed by atoms with Gasteiger partial charge < -0.3 is 26.2 Å². The molecule has 204 valence electrons. The Morgan fingerprint density at radius 1 is 1.26 bits per heavy atom. The third kappa shape index (κ3) is 7.97. The number of aliphatic hydroxyl groups excluding tert-OH is 1. The summed E-state index contributed by atoms with van der Waals surface area (Å²) in [6.45, 7) is 5.49. The molecule has 2 amide bonds. The molecule has 38 heavy (non-hydrogen) atoms. The summed E-state index contributed by atoms with van der Waals surface area (Å²) in [5, 5.41) is 24.3. The van der Waals surface area contributed by atoms with Gasteiger partial charge >= 0.3 is 0 Å². The van der Waals surface area contributed by atoms with E-state index in [-0.39, 0.29) is 41.7 Å². The number of rotatable bonds is 11. The number of carbonyl (C=O) groups excluding carboxylic acids is 2. The molecular formula is C26H34FN7O4. The molecule has 0 bridgehead atoms. The molecule has 1 aromatic carbocycles. The fourth-order valence-electron chi connectivity index (χ4n) is 4.33. The van der Waals surface area contributed by atoms with E-state index < -0.39 is 18.3 Å². The first-order chi connectivity index (χ1) is 18.2. The minimum absolute atomic E-state index is 0.0547. The first kappa shape index (κ1) is 28.5. The van der Waals surface area contributed by atoms with Crippen LogP contribution in [0.2, 0.25) is 0 Å². The lowest BCUT2D eigenvalue weighted by Crippen LogP contribution is -2.40. The maximum Gasteiger partial charge on any atom is 0.270 e. The highest BCUT2D eigenvalue weighted by molar-refractivity contribution is 6.00. The maximum atomic E-state index is 13.6. The molecule has 12 heteroatoms. The number of carbonyl (C=O) groups is 2. The van der Waals surface area contributed by atoms with Crippen LogP contribution in [0.3, 0.4) is 0 Å². The van der Waals surface area contributed by atoms with E-state index in [1.54, 1.807) is 25.1 Å². The van der Waals surface area contributed by atoms with Crippen LogP contribution in [0.4, 0.5) is 4.39 Å². The van der Waals surface area contributed by atoms with Gasteiger partial charge in [-0.3, -0.25) is 9.59 Å². The number of pyridine rings is 1. The molecule has 0 aliphatic heterocycles. The largest absolute Gasteiger partial charge is 0.494 e. The fraction of sp³-hybridized carbons (Fsp3) is 0.423. The first-order valence-electron chi connectivity index (χ1n) is 12.3. The van der Waals surface area contributed by atoms with Crippen molar-refractivity contribution in [1.29, 1.82) is 0 Å². The number of halogens is 1. The van der Waals surface area contributed by atoms with Crippen LogP contribution in [0.15, 0.2) is 40.5 Å². The Morgan fingerprint density at radius 2 is 2.00 bits per heavy atom. The Hall–Kier alpha value is -4.06. The van der Waals surface area contributed by atoms with Crippen LogP contribution in [0.1, 0.15) is 53.0 Å². The first-order valence-corrected chi connectivity index (χ1v) is 12.3. The Balaban J connectivity index is 1.62. The number of ether oxygens (including phenoxy) is 1. The Morgan fingerprint density at radius 3 is 2.66 bits per heavy atom. The second kappa shape index (κ2) is 13.5. The minimum atomic E-state index is -0.511. The number of hydrazone groups is 2. The number of aryl methyl sites for hydroxylation is 1. The molecule has 5 N–H and O–H groups in total. The van der Waals surface area contributed by atoms with Crippen LogP contribution in [-0.4, -0.2) is 65.9 Å². The van der Waals surface area contributed by atoms with Gasteiger partial charge in [0.15, 0.2) is 17.4 Å². The van der Waals surface area contributed by atoms with Crippen molar-refractivity contribution in [1.82, 2.24) is 20.7 Å². The number of nitrogens with zero attached hydrogens (tertiary/aromatic N) is 4. The molecule has 11 nitrogen and oxygen atoms in total. The summed E-state index contributed by atoms with van der Waals surface area (Å²) < 4.78 is 18.6.